The lowest BCUT2D eigenvalue weighted by Crippen LogP contribution is -2.45. The predicted octanol–water partition coefficient (Wildman–Crippen LogP) is 21.2. The number of amides is 1. The molecule has 476 valence electrons. The number of phosphoric acid groups is 1. The third-order valence-electron chi connectivity index (χ3n) is 14.6. The van der Waals surface area contributed by atoms with Crippen molar-refractivity contribution in [3.8, 4) is 0 Å². The first kappa shape index (κ1) is 79.6. The maximum absolute atomic E-state index is 13.0. The van der Waals surface area contributed by atoms with Crippen LogP contribution in [-0.2, 0) is 18.4 Å². The predicted molar refractivity (Wildman–Crippen MR) is 362 cm³/mol. The average Bonchev–Trinajstić information content (AvgIpc) is 3.49. The Hall–Kier alpha value is -3.36. The van der Waals surface area contributed by atoms with E-state index < -0.39 is 26.6 Å². The number of aliphatic hydroxyl groups is 1. The third-order valence-corrected chi connectivity index (χ3v) is 15.5. The highest BCUT2D eigenvalue weighted by atomic mass is 31.2. The molecule has 0 saturated carbocycles. The van der Waals surface area contributed by atoms with Crippen molar-refractivity contribution < 1.29 is 32.9 Å². The van der Waals surface area contributed by atoms with Crippen LogP contribution >= 0.6 is 7.82 Å². The fraction of sp³-hybridized carbons (Fsp3) is 0.689. The van der Waals surface area contributed by atoms with Crippen LogP contribution < -0.4 is 10.2 Å². The molecule has 0 fully saturated rings. The SMILES string of the molecule is CC/C=C\C/C=C\C/C=C\C/C=C\C/C=C\C/C=C\C/C=C\C/C=C\CCCCCCCCCCCCC(=O)NC(COP(=O)([O-])OCC[N+](C)(C)C)C(O)/C=C/CC/C=C/CC/C=C/CCCCCCCCCCCCCCCCCC. The summed E-state index contributed by atoms with van der Waals surface area (Å²) in [7, 11) is 1.22. The second-order valence-electron chi connectivity index (χ2n) is 23.8. The molecule has 3 atom stereocenters. The first-order valence-corrected chi connectivity index (χ1v) is 35.5. The Labute approximate surface area is 513 Å². The van der Waals surface area contributed by atoms with Crippen molar-refractivity contribution in [2.75, 3.05) is 40.9 Å². The molecule has 0 aliphatic carbocycles. The van der Waals surface area contributed by atoms with Crippen molar-refractivity contribution >= 4 is 13.7 Å². The molecule has 0 aliphatic heterocycles. The largest absolute Gasteiger partial charge is 0.756 e. The molecule has 0 rings (SSSR count). The van der Waals surface area contributed by atoms with Crippen molar-refractivity contribution in [2.24, 2.45) is 0 Å². The number of allylic oxidation sites excluding steroid dienone is 21. The zero-order valence-electron chi connectivity index (χ0n) is 54.4. The van der Waals surface area contributed by atoms with Gasteiger partial charge in [-0.15, -0.1) is 0 Å². The maximum Gasteiger partial charge on any atom is 0.268 e. The van der Waals surface area contributed by atoms with E-state index in [2.05, 4.69) is 141 Å². The number of aliphatic hydroxyl groups excluding tert-OH is 1. The van der Waals surface area contributed by atoms with Crippen LogP contribution in [0.2, 0.25) is 0 Å². The number of nitrogens with zero attached hydrogens (tertiary/aromatic N) is 1. The monoisotopic (exact) mass is 1170 g/mol. The summed E-state index contributed by atoms with van der Waals surface area (Å²) in [6, 6.07) is -0.923. The number of quaternary nitrogens is 1. The quantitative estimate of drug-likeness (QED) is 0.0272. The van der Waals surface area contributed by atoms with E-state index in [4.69, 9.17) is 9.05 Å². The molecular formula is C74H129N2O6P. The molecular weight excluding hydrogens is 1040 g/mol. The van der Waals surface area contributed by atoms with Crippen molar-refractivity contribution in [3.05, 3.63) is 134 Å². The molecule has 0 saturated heterocycles. The van der Waals surface area contributed by atoms with Crippen molar-refractivity contribution in [1.29, 1.82) is 0 Å². The lowest BCUT2D eigenvalue weighted by Gasteiger charge is -2.29. The van der Waals surface area contributed by atoms with Gasteiger partial charge in [0.1, 0.15) is 13.2 Å². The minimum absolute atomic E-state index is 0.0161. The van der Waals surface area contributed by atoms with Crippen LogP contribution in [0.4, 0.5) is 0 Å². The summed E-state index contributed by atoms with van der Waals surface area (Å²) in [5.41, 5.74) is 0. The number of hydrogen-bond acceptors (Lipinski definition) is 6. The number of phosphoric ester groups is 1. The van der Waals surface area contributed by atoms with E-state index in [0.29, 0.717) is 17.4 Å². The van der Waals surface area contributed by atoms with Gasteiger partial charge in [-0.1, -0.05) is 295 Å². The molecule has 0 radical (unpaired) electrons. The topological polar surface area (TPSA) is 108 Å². The Kier molecular flexibility index (Phi) is 60.6. The van der Waals surface area contributed by atoms with Crippen LogP contribution in [0, 0.1) is 0 Å². The first-order valence-electron chi connectivity index (χ1n) is 34.0. The number of likely N-dealkylation sites (N-methyl/N-ethyl adjacent to an activating group) is 1. The number of carbonyl (C=O) groups excluding carboxylic acids is 1. The van der Waals surface area contributed by atoms with Gasteiger partial charge >= 0.3 is 0 Å². The second-order valence-corrected chi connectivity index (χ2v) is 25.2. The highest BCUT2D eigenvalue weighted by Crippen LogP contribution is 2.38. The standard InChI is InChI=1S/C74H129N2O6P/c1-6-8-10-12-14-16-18-20-22-24-26-28-30-32-34-35-36-37-38-39-40-41-42-44-46-48-50-52-54-56-58-60-62-64-66-68-74(78)75-72(71-82-83(79,80)81-70-69-76(3,4)5)73(77)67-65-63-61-59-57-55-53-51-49-47-45-43-33-31-29-27-25-23-21-19-17-15-13-11-9-7-2/h8,10,14,16,20,22,26,28,32,34,36-37,39-40,42,44,49,51,57,59,65,67,72-73,77H,6-7,9,11-13,15,17-19,21,23-25,27,29-31,33,35,38,41,43,45-48,50,52-56,58,60-64,66,68-71H2,1-5H3,(H-,75,78,79,80)/b10-8-,16-14-,22-20-,28-26-,34-32-,37-36-,40-39-,44-42-,51-49+,59-57+,67-65+. The van der Waals surface area contributed by atoms with Crippen molar-refractivity contribution in [3.63, 3.8) is 0 Å². The second kappa shape index (κ2) is 63.2. The molecule has 3 unspecified atom stereocenters. The molecule has 0 aromatic rings. The Morgan fingerprint density at radius 3 is 1.12 bits per heavy atom. The number of hydrogen-bond donors (Lipinski definition) is 2. The number of unbranched alkanes of at least 4 members (excludes halogenated alkanes) is 28. The molecule has 0 aliphatic rings. The summed E-state index contributed by atoms with van der Waals surface area (Å²) < 4.78 is 23.4. The van der Waals surface area contributed by atoms with Crippen LogP contribution in [0.1, 0.15) is 277 Å². The molecule has 0 aromatic carbocycles. The van der Waals surface area contributed by atoms with E-state index in [1.807, 2.05) is 27.2 Å². The Morgan fingerprint density at radius 1 is 0.434 bits per heavy atom. The minimum Gasteiger partial charge on any atom is -0.756 e. The van der Waals surface area contributed by atoms with Gasteiger partial charge in [0.15, 0.2) is 0 Å². The van der Waals surface area contributed by atoms with Crippen LogP contribution in [0.15, 0.2) is 134 Å². The highest BCUT2D eigenvalue weighted by molar-refractivity contribution is 7.45. The number of rotatable bonds is 61. The van der Waals surface area contributed by atoms with Gasteiger partial charge in [-0.25, -0.2) is 0 Å². The molecule has 2 N–H and O–H groups in total. The summed E-state index contributed by atoms with van der Waals surface area (Å²) in [5, 5.41) is 13.9. The van der Waals surface area contributed by atoms with Crippen LogP contribution in [0.5, 0.6) is 0 Å². The lowest BCUT2D eigenvalue weighted by molar-refractivity contribution is -0.870. The number of nitrogens with one attached hydrogen (secondary N) is 1. The molecule has 8 nitrogen and oxygen atoms in total. The fourth-order valence-electron chi connectivity index (χ4n) is 9.32. The van der Waals surface area contributed by atoms with Gasteiger partial charge in [0.2, 0.25) is 5.91 Å². The zero-order valence-corrected chi connectivity index (χ0v) is 55.2. The highest BCUT2D eigenvalue weighted by Gasteiger charge is 2.23. The van der Waals surface area contributed by atoms with Crippen LogP contribution in [0.25, 0.3) is 0 Å². The molecule has 0 heterocycles. The van der Waals surface area contributed by atoms with E-state index in [-0.39, 0.29) is 12.5 Å². The van der Waals surface area contributed by atoms with E-state index in [1.54, 1.807) is 6.08 Å². The summed E-state index contributed by atoms with van der Waals surface area (Å²) in [4.78, 5) is 25.6. The van der Waals surface area contributed by atoms with Gasteiger partial charge in [0.25, 0.3) is 7.82 Å². The summed E-state index contributed by atoms with van der Waals surface area (Å²) >= 11 is 0. The van der Waals surface area contributed by atoms with E-state index in [1.165, 1.54) is 148 Å². The molecule has 9 heteroatoms. The van der Waals surface area contributed by atoms with Gasteiger partial charge in [0, 0.05) is 6.42 Å². The van der Waals surface area contributed by atoms with Gasteiger partial charge < -0.3 is 28.8 Å². The molecule has 1 amide bonds. The minimum atomic E-state index is -4.63. The number of carbonyl (C=O) groups is 1. The Morgan fingerprint density at radius 2 is 0.747 bits per heavy atom. The maximum atomic E-state index is 13.0. The average molecular weight is 1170 g/mol. The van der Waals surface area contributed by atoms with E-state index in [0.717, 1.165) is 109 Å². The van der Waals surface area contributed by atoms with Gasteiger partial charge in [-0.3, -0.25) is 9.36 Å². The van der Waals surface area contributed by atoms with E-state index >= 15 is 0 Å². The summed E-state index contributed by atoms with van der Waals surface area (Å²) in [6.45, 7) is 4.51. The molecule has 83 heavy (non-hydrogen) atoms. The van der Waals surface area contributed by atoms with Gasteiger partial charge in [-0.2, -0.15) is 0 Å². The fourth-order valence-corrected chi connectivity index (χ4v) is 10.0. The first-order chi connectivity index (χ1) is 40.5. The van der Waals surface area contributed by atoms with Gasteiger partial charge in [0.05, 0.1) is 39.9 Å². The summed E-state index contributed by atoms with van der Waals surface area (Å²) in [6.07, 6.45) is 95.6. The zero-order chi connectivity index (χ0) is 60.5. The Bertz CT molecular complexity index is 1810. The lowest BCUT2D eigenvalue weighted by atomic mass is 10.0. The van der Waals surface area contributed by atoms with Crippen LogP contribution in [-0.4, -0.2) is 68.5 Å². The van der Waals surface area contributed by atoms with Crippen molar-refractivity contribution in [2.45, 2.75) is 289 Å². The summed E-state index contributed by atoms with van der Waals surface area (Å²) in [5.74, 6) is -0.220. The van der Waals surface area contributed by atoms with Crippen molar-refractivity contribution in [1.82, 2.24) is 5.32 Å². The Balaban J connectivity index is 4.21. The molecule has 0 aromatic heterocycles. The smallest absolute Gasteiger partial charge is 0.268 e. The normalized spacial score (nSPS) is 14.5. The van der Waals surface area contributed by atoms with Crippen LogP contribution in [0.3, 0.4) is 0 Å². The molecule has 0 bridgehead atoms. The third kappa shape index (κ3) is 66.0. The molecule has 0 spiro atoms. The van der Waals surface area contributed by atoms with E-state index in [9.17, 15) is 19.4 Å². The van der Waals surface area contributed by atoms with Gasteiger partial charge in [-0.05, 0) is 109 Å².